The van der Waals surface area contributed by atoms with Crippen LogP contribution >= 0.6 is 0 Å². The molecule has 1 aromatic heterocycles. The molecule has 4 rings (SSSR count). The van der Waals surface area contributed by atoms with Crippen molar-refractivity contribution < 1.29 is 4.79 Å². The number of amides is 1. The lowest BCUT2D eigenvalue weighted by Crippen LogP contribution is -2.12. The van der Waals surface area contributed by atoms with Gasteiger partial charge in [-0.3, -0.25) is 4.79 Å². The Morgan fingerprint density at radius 3 is 2.68 bits per heavy atom. The van der Waals surface area contributed by atoms with E-state index in [-0.39, 0.29) is 5.91 Å². The number of aryl methyl sites for hydroxylation is 3. The summed E-state index contributed by atoms with van der Waals surface area (Å²) in [6.07, 6.45) is 8.75. The molecule has 0 radical (unpaired) electrons. The number of aromatic nitrogens is 2. The number of fused-ring (bicyclic) bond motifs is 1. The van der Waals surface area contributed by atoms with E-state index >= 15 is 0 Å². The Kier molecular flexibility index (Phi) is 5.75. The minimum Gasteiger partial charge on any atom is -0.331 e. The zero-order valence-electron chi connectivity index (χ0n) is 16.7. The first-order chi connectivity index (χ1) is 13.7. The summed E-state index contributed by atoms with van der Waals surface area (Å²) in [5.74, 6) is 1.94. The number of benzene rings is 2. The summed E-state index contributed by atoms with van der Waals surface area (Å²) in [6.45, 7) is 0. The summed E-state index contributed by atoms with van der Waals surface area (Å²) in [4.78, 5) is 17.1. The van der Waals surface area contributed by atoms with Gasteiger partial charge in [-0.1, -0.05) is 56.0 Å². The second-order valence-electron chi connectivity index (χ2n) is 8.01. The molecule has 0 saturated heterocycles. The number of hydrogen-bond donors (Lipinski definition) is 1. The minimum absolute atomic E-state index is 0.117. The molecule has 0 aliphatic heterocycles. The van der Waals surface area contributed by atoms with Gasteiger partial charge >= 0.3 is 0 Å². The molecule has 1 aliphatic carbocycles. The van der Waals surface area contributed by atoms with Gasteiger partial charge in [-0.2, -0.15) is 0 Å². The Morgan fingerprint density at radius 2 is 1.89 bits per heavy atom. The molecule has 1 heterocycles. The maximum atomic E-state index is 12.3. The van der Waals surface area contributed by atoms with Crippen molar-refractivity contribution in [3.8, 4) is 0 Å². The summed E-state index contributed by atoms with van der Waals surface area (Å²) in [6, 6.07) is 16.5. The molecule has 1 fully saturated rings. The predicted molar refractivity (Wildman–Crippen MR) is 114 cm³/mol. The van der Waals surface area contributed by atoms with Gasteiger partial charge in [-0.15, -0.1) is 0 Å². The molecule has 0 unspecified atom stereocenters. The summed E-state index contributed by atoms with van der Waals surface area (Å²) >= 11 is 0. The van der Waals surface area contributed by atoms with Gasteiger partial charge in [0.2, 0.25) is 5.91 Å². The van der Waals surface area contributed by atoms with Crippen LogP contribution in [-0.4, -0.2) is 15.5 Å². The highest BCUT2D eigenvalue weighted by Gasteiger charge is 2.16. The van der Waals surface area contributed by atoms with Gasteiger partial charge in [-0.05, 0) is 42.5 Å². The summed E-state index contributed by atoms with van der Waals surface area (Å²) in [7, 11) is 2.06. The lowest BCUT2D eigenvalue weighted by atomic mass is 10.0. The van der Waals surface area contributed by atoms with Crippen LogP contribution in [0.5, 0.6) is 0 Å². The molecular formula is C24H29N3O. The Balaban J connectivity index is 1.39. The average molecular weight is 376 g/mol. The molecule has 0 atom stereocenters. The highest BCUT2D eigenvalue weighted by atomic mass is 16.1. The van der Waals surface area contributed by atoms with Crippen molar-refractivity contribution in [1.29, 1.82) is 0 Å². The highest BCUT2D eigenvalue weighted by molar-refractivity contribution is 5.93. The van der Waals surface area contributed by atoms with Crippen LogP contribution in [0.15, 0.2) is 48.5 Å². The first kappa shape index (κ1) is 18.7. The molecule has 146 valence electrons. The molecule has 1 saturated carbocycles. The Morgan fingerprint density at radius 1 is 1.11 bits per heavy atom. The lowest BCUT2D eigenvalue weighted by Gasteiger charge is -2.09. The Labute approximate surface area is 167 Å². The van der Waals surface area contributed by atoms with Crippen molar-refractivity contribution in [1.82, 2.24) is 9.55 Å². The van der Waals surface area contributed by atoms with E-state index in [2.05, 4.69) is 47.3 Å². The van der Waals surface area contributed by atoms with Gasteiger partial charge < -0.3 is 9.88 Å². The van der Waals surface area contributed by atoms with Crippen molar-refractivity contribution in [3.05, 3.63) is 59.9 Å². The fourth-order valence-electron chi connectivity index (χ4n) is 4.31. The minimum atomic E-state index is 0.117. The molecule has 1 amide bonds. The van der Waals surface area contributed by atoms with Crippen molar-refractivity contribution >= 4 is 22.6 Å². The third-order valence-corrected chi connectivity index (χ3v) is 5.99. The van der Waals surface area contributed by atoms with Crippen LogP contribution in [0.2, 0.25) is 0 Å². The van der Waals surface area contributed by atoms with Crippen LogP contribution in [0.4, 0.5) is 5.69 Å². The maximum absolute atomic E-state index is 12.3. The average Bonchev–Trinajstić information content (AvgIpc) is 3.34. The molecule has 3 aromatic rings. The van der Waals surface area contributed by atoms with Gasteiger partial charge in [0.15, 0.2) is 0 Å². The topological polar surface area (TPSA) is 46.9 Å². The maximum Gasteiger partial charge on any atom is 0.224 e. The number of rotatable bonds is 7. The van der Waals surface area contributed by atoms with Crippen LogP contribution in [-0.2, 0) is 24.7 Å². The number of carbonyl (C=O) groups is 1. The van der Waals surface area contributed by atoms with Gasteiger partial charge in [0.25, 0.3) is 0 Å². The largest absolute Gasteiger partial charge is 0.331 e. The molecule has 4 heteroatoms. The van der Waals surface area contributed by atoms with E-state index in [0.717, 1.165) is 47.7 Å². The third-order valence-electron chi connectivity index (χ3n) is 5.99. The van der Waals surface area contributed by atoms with E-state index in [9.17, 15) is 4.79 Å². The number of nitrogens with one attached hydrogen (secondary N) is 1. The number of hydrogen-bond acceptors (Lipinski definition) is 2. The summed E-state index contributed by atoms with van der Waals surface area (Å²) in [5, 5.41) is 3.06. The van der Waals surface area contributed by atoms with Crippen LogP contribution < -0.4 is 5.32 Å². The first-order valence-corrected chi connectivity index (χ1v) is 10.5. The van der Waals surface area contributed by atoms with E-state index in [1.165, 1.54) is 31.2 Å². The zero-order valence-corrected chi connectivity index (χ0v) is 16.7. The van der Waals surface area contributed by atoms with Gasteiger partial charge in [-0.25, -0.2) is 4.98 Å². The third kappa shape index (κ3) is 4.44. The Hall–Kier alpha value is -2.62. The second-order valence-corrected chi connectivity index (χ2v) is 8.01. The second kappa shape index (κ2) is 8.59. The van der Waals surface area contributed by atoms with Gasteiger partial charge in [0.05, 0.1) is 11.0 Å². The van der Waals surface area contributed by atoms with Crippen LogP contribution in [0.25, 0.3) is 11.0 Å². The summed E-state index contributed by atoms with van der Waals surface area (Å²) < 4.78 is 2.16. The molecular weight excluding hydrogens is 346 g/mol. The monoisotopic (exact) mass is 375 g/mol. The molecule has 0 spiro atoms. The SMILES string of the molecule is Cn1c(CCc2ccccc2)nc2cc(NC(=O)CCC3CCCC3)ccc21. The number of imidazole rings is 1. The fraction of sp³-hybridized carbons (Fsp3) is 0.417. The van der Waals surface area contributed by atoms with E-state index < -0.39 is 0 Å². The lowest BCUT2D eigenvalue weighted by molar-refractivity contribution is -0.116. The van der Waals surface area contributed by atoms with E-state index in [4.69, 9.17) is 4.98 Å². The fourth-order valence-corrected chi connectivity index (χ4v) is 4.31. The molecule has 4 nitrogen and oxygen atoms in total. The van der Waals surface area contributed by atoms with Crippen molar-refractivity contribution in [3.63, 3.8) is 0 Å². The van der Waals surface area contributed by atoms with Crippen LogP contribution in [0.3, 0.4) is 0 Å². The van der Waals surface area contributed by atoms with E-state index in [0.29, 0.717) is 6.42 Å². The molecule has 2 aromatic carbocycles. The number of anilines is 1. The summed E-state index contributed by atoms with van der Waals surface area (Å²) in [5.41, 5.74) is 4.22. The molecule has 1 aliphatic rings. The van der Waals surface area contributed by atoms with E-state index in [1.807, 2.05) is 18.2 Å². The molecule has 28 heavy (non-hydrogen) atoms. The predicted octanol–water partition coefficient (Wildman–Crippen LogP) is 5.27. The highest BCUT2D eigenvalue weighted by Crippen LogP contribution is 2.28. The van der Waals surface area contributed by atoms with Crippen LogP contribution in [0, 0.1) is 5.92 Å². The van der Waals surface area contributed by atoms with Gasteiger partial charge in [0, 0.05) is 25.6 Å². The smallest absolute Gasteiger partial charge is 0.224 e. The Bertz CT molecular complexity index is 939. The molecule has 0 bridgehead atoms. The van der Waals surface area contributed by atoms with Crippen LogP contribution in [0.1, 0.15) is 49.9 Å². The van der Waals surface area contributed by atoms with Gasteiger partial charge in [0.1, 0.15) is 5.82 Å². The normalized spacial score (nSPS) is 14.6. The molecule has 1 N–H and O–H groups in total. The van der Waals surface area contributed by atoms with E-state index in [1.54, 1.807) is 0 Å². The standard InChI is InChI=1S/C24H29N3O/c1-27-22-14-13-20(25-24(28)16-12-19-9-5-6-10-19)17-21(22)26-23(27)15-11-18-7-3-2-4-8-18/h2-4,7-8,13-14,17,19H,5-6,9-12,15-16H2,1H3,(H,25,28). The quantitative estimate of drug-likeness (QED) is 0.612. The van der Waals surface area contributed by atoms with Crippen molar-refractivity contribution in [2.75, 3.05) is 5.32 Å². The number of nitrogens with zero attached hydrogens (tertiary/aromatic N) is 2. The first-order valence-electron chi connectivity index (χ1n) is 10.5. The number of carbonyl (C=O) groups excluding carboxylic acids is 1. The zero-order chi connectivity index (χ0) is 19.3. The van der Waals surface area contributed by atoms with Crippen molar-refractivity contribution in [2.45, 2.75) is 51.4 Å². The van der Waals surface area contributed by atoms with Crippen molar-refractivity contribution in [2.24, 2.45) is 13.0 Å².